The molecular weight excluding hydrogens is 432 g/mol. The molecule has 0 bridgehead atoms. The highest BCUT2D eigenvalue weighted by atomic mass is 14.5. The molecule has 0 radical (unpaired) electrons. The number of aryl methyl sites for hydroxylation is 1. The van der Waals surface area contributed by atoms with Gasteiger partial charge in [0.1, 0.15) is 0 Å². The number of hydrogen-bond acceptors (Lipinski definition) is 0. The minimum atomic E-state index is -0.298. The maximum absolute atomic E-state index is 4.62. The number of fused-ring (bicyclic) bond motifs is 8. The van der Waals surface area contributed by atoms with E-state index in [1.165, 1.54) is 61.2 Å². The van der Waals surface area contributed by atoms with Gasteiger partial charge in [0, 0.05) is 0 Å². The van der Waals surface area contributed by atoms with Gasteiger partial charge in [0.25, 0.3) is 0 Å². The first-order valence-electron chi connectivity index (χ1n) is 12.7. The zero-order valence-electron chi connectivity index (χ0n) is 21.0. The topological polar surface area (TPSA) is 0 Å². The normalized spacial score (nSPS) is 17.9. The molecule has 4 aromatic carbocycles. The highest BCUT2D eigenvalue weighted by Crippen LogP contribution is 2.57. The van der Waals surface area contributed by atoms with Crippen LogP contribution in [0, 0.1) is 6.92 Å². The molecule has 6 rings (SSSR count). The lowest BCUT2D eigenvalue weighted by atomic mass is 9.67. The zero-order valence-corrected chi connectivity index (χ0v) is 21.0. The molecule has 0 fully saturated rings. The van der Waals surface area contributed by atoms with Crippen LogP contribution in [0.15, 0.2) is 122 Å². The summed E-state index contributed by atoms with van der Waals surface area (Å²) in [5.74, 6) is 0. The Labute approximate surface area is 214 Å². The van der Waals surface area contributed by atoms with Crippen LogP contribution in [0.5, 0.6) is 0 Å². The fraction of sp³-hybridized carbons (Fsp3) is 0.111. The lowest BCUT2D eigenvalue weighted by Gasteiger charge is -2.34. The standard InChI is InChI=1S/C36H30/c1-5-11-26(12-6-2)27-18-20-32-31-15-9-10-16-33(31)36(35(32)22-27)23-28-13-7-8-14-29(28)25(4)30-19-17-24(3)21-34(30)36/h5-22H,1,4,23H2,2-3H3/b12-6-,26-11+. The lowest BCUT2D eigenvalue weighted by Crippen LogP contribution is -2.30. The maximum atomic E-state index is 4.62. The van der Waals surface area contributed by atoms with Crippen molar-refractivity contribution in [3.05, 3.63) is 167 Å². The molecule has 0 nitrogen and oxygen atoms in total. The molecule has 0 saturated heterocycles. The van der Waals surface area contributed by atoms with Gasteiger partial charge in [-0.15, -0.1) is 0 Å². The average molecular weight is 463 g/mol. The van der Waals surface area contributed by atoms with Gasteiger partial charge in [-0.25, -0.2) is 0 Å². The van der Waals surface area contributed by atoms with E-state index in [1.807, 2.05) is 6.08 Å². The molecule has 0 aliphatic heterocycles. The van der Waals surface area contributed by atoms with E-state index in [0.717, 1.165) is 12.0 Å². The first-order chi connectivity index (χ1) is 17.6. The number of hydrogen-bond donors (Lipinski definition) is 0. The average Bonchev–Trinajstić information content (AvgIpc) is 3.12. The van der Waals surface area contributed by atoms with E-state index in [2.05, 4.69) is 130 Å². The third-order valence-corrected chi connectivity index (χ3v) is 7.89. The van der Waals surface area contributed by atoms with Crippen molar-refractivity contribution in [1.29, 1.82) is 0 Å². The molecular formula is C36H30. The summed E-state index contributed by atoms with van der Waals surface area (Å²) >= 11 is 0. The third kappa shape index (κ3) is 3.14. The van der Waals surface area contributed by atoms with Gasteiger partial charge in [-0.05, 0) is 87.6 Å². The van der Waals surface area contributed by atoms with E-state index in [0.29, 0.717) is 0 Å². The number of rotatable bonds is 3. The predicted octanol–water partition coefficient (Wildman–Crippen LogP) is 9.07. The van der Waals surface area contributed by atoms with E-state index in [4.69, 9.17) is 0 Å². The molecule has 0 heterocycles. The Morgan fingerprint density at radius 1 is 0.778 bits per heavy atom. The van der Waals surface area contributed by atoms with Crippen LogP contribution in [-0.2, 0) is 11.8 Å². The summed E-state index contributed by atoms with van der Waals surface area (Å²) in [5.41, 5.74) is 15.1. The second kappa shape index (κ2) is 8.50. The van der Waals surface area contributed by atoms with Crippen LogP contribution in [0.4, 0.5) is 0 Å². The summed E-state index contributed by atoms with van der Waals surface area (Å²) in [6.07, 6.45) is 9.13. The molecule has 4 aromatic rings. The van der Waals surface area contributed by atoms with Crippen molar-refractivity contribution in [2.45, 2.75) is 25.7 Å². The zero-order chi connectivity index (χ0) is 24.9. The van der Waals surface area contributed by atoms with E-state index < -0.39 is 0 Å². The van der Waals surface area contributed by atoms with Crippen molar-refractivity contribution < 1.29 is 0 Å². The molecule has 0 amide bonds. The molecule has 0 saturated carbocycles. The Morgan fingerprint density at radius 3 is 2.28 bits per heavy atom. The van der Waals surface area contributed by atoms with Crippen molar-refractivity contribution in [3.63, 3.8) is 0 Å². The Balaban J connectivity index is 1.76. The van der Waals surface area contributed by atoms with Crippen LogP contribution in [0.25, 0.3) is 22.3 Å². The summed E-state index contributed by atoms with van der Waals surface area (Å²) in [6, 6.07) is 31.7. The second-order valence-corrected chi connectivity index (χ2v) is 9.93. The molecule has 1 spiro atoms. The van der Waals surface area contributed by atoms with E-state index in [-0.39, 0.29) is 5.41 Å². The largest absolute Gasteiger partial charge is 0.0990 e. The maximum Gasteiger partial charge on any atom is 0.0510 e. The highest BCUT2D eigenvalue weighted by molar-refractivity contribution is 5.91. The Bertz CT molecular complexity index is 1610. The van der Waals surface area contributed by atoms with Gasteiger partial charge in [-0.2, -0.15) is 0 Å². The SMILES string of the molecule is C=C/C=C(\C=C/C)c1ccc2c(c1)C1(Cc3ccccc3C(=C)c3ccc(C)cc31)c1ccccc1-2. The molecule has 0 N–H and O–H groups in total. The van der Waals surface area contributed by atoms with Crippen molar-refractivity contribution >= 4 is 11.1 Å². The number of benzene rings is 4. The van der Waals surface area contributed by atoms with Gasteiger partial charge in [-0.3, -0.25) is 0 Å². The van der Waals surface area contributed by atoms with Gasteiger partial charge < -0.3 is 0 Å². The predicted molar refractivity (Wildman–Crippen MR) is 154 cm³/mol. The van der Waals surface area contributed by atoms with Crippen LogP contribution in [0.1, 0.15) is 51.4 Å². The van der Waals surface area contributed by atoms with Crippen LogP contribution in [0.3, 0.4) is 0 Å². The molecule has 0 heteroatoms. The van der Waals surface area contributed by atoms with Crippen LogP contribution in [0.2, 0.25) is 0 Å². The lowest BCUT2D eigenvalue weighted by molar-refractivity contribution is 0.630. The molecule has 36 heavy (non-hydrogen) atoms. The van der Waals surface area contributed by atoms with Crippen LogP contribution < -0.4 is 0 Å². The third-order valence-electron chi connectivity index (χ3n) is 7.89. The fourth-order valence-corrected chi connectivity index (χ4v) is 6.35. The summed E-state index contributed by atoms with van der Waals surface area (Å²) in [7, 11) is 0. The molecule has 0 aromatic heterocycles. The second-order valence-electron chi connectivity index (χ2n) is 9.93. The van der Waals surface area contributed by atoms with Gasteiger partial charge in [-0.1, -0.05) is 122 Å². The van der Waals surface area contributed by atoms with Crippen molar-refractivity contribution in [2.24, 2.45) is 0 Å². The molecule has 174 valence electrons. The summed E-state index contributed by atoms with van der Waals surface area (Å²) in [6.45, 7) is 12.8. The summed E-state index contributed by atoms with van der Waals surface area (Å²) < 4.78 is 0. The van der Waals surface area contributed by atoms with Crippen LogP contribution >= 0.6 is 0 Å². The number of allylic oxidation sites excluding steroid dienone is 5. The summed E-state index contributed by atoms with van der Waals surface area (Å²) in [4.78, 5) is 0. The fourth-order valence-electron chi connectivity index (χ4n) is 6.35. The smallest absolute Gasteiger partial charge is 0.0510 e. The molecule has 2 aliphatic rings. The van der Waals surface area contributed by atoms with Crippen molar-refractivity contribution in [1.82, 2.24) is 0 Å². The monoisotopic (exact) mass is 462 g/mol. The van der Waals surface area contributed by atoms with Gasteiger partial charge in [0.05, 0.1) is 5.41 Å². The van der Waals surface area contributed by atoms with Crippen molar-refractivity contribution in [2.75, 3.05) is 0 Å². The minimum absolute atomic E-state index is 0.298. The quantitative estimate of drug-likeness (QED) is 0.266. The Hall–Kier alpha value is -4.16. The van der Waals surface area contributed by atoms with Crippen LogP contribution in [-0.4, -0.2) is 0 Å². The first-order valence-corrected chi connectivity index (χ1v) is 12.7. The highest BCUT2D eigenvalue weighted by Gasteiger charge is 2.47. The molecule has 1 unspecified atom stereocenters. The van der Waals surface area contributed by atoms with Gasteiger partial charge in [0.15, 0.2) is 0 Å². The van der Waals surface area contributed by atoms with E-state index in [9.17, 15) is 0 Å². The van der Waals surface area contributed by atoms with E-state index >= 15 is 0 Å². The molecule has 2 aliphatic carbocycles. The first kappa shape index (κ1) is 22.3. The molecule has 1 atom stereocenters. The van der Waals surface area contributed by atoms with E-state index in [1.54, 1.807) is 0 Å². The van der Waals surface area contributed by atoms with Crippen molar-refractivity contribution in [3.8, 4) is 11.1 Å². The van der Waals surface area contributed by atoms with Gasteiger partial charge >= 0.3 is 0 Å². The Kier molecular flexibility index (Phi) is 5.27. The Morgan fingerprint density at radius 2 is 1.47 bits per heavy atom. The van der Waals surface area contributed by atoms with Gasteiger partial charge in [0.2, 0.25) is 0 Å². The minimum Gasteiger partial charge on any atom is -0.0990 e. The summed E-state index contributed by atoms with van der Waals surface area (Å²) in [5, 5.41) is 0.